The van der Waals surface area contributed by atoms with Crippen LogP contribution >= 0.6 is 0 Å². The number of hydrogen-bond acceptors (Lipinski definition) is 3. The van der Waals surface area contributed by atoms with Crippen molar-refractivity contribution in [3.05, 3.63) is 17.5 Å². The Morgan fingerprint density at radius 3 is 2.48 bits per heavy atom. The van der Waals surface area contributed by atoms with Crippen LogP contribution < -0.4 is 10.6 Å². The van der Waals surface area contributed by atoms with Crippen LogP contribution in [0.4, 0.5) is 0 Å². The molecule has 0 radical (unpaired) electrons. The molecular weight excluding hydrogens is 264 g/mol. The van der Waals surface area contributed by atoms with Gasteiger partial charge in [0.1, 0.15) is 6.54 Å². The lowest BCUT2D eigenvalue weighted by Crippen LogP contribution is -2.39. The van der Waals surface area contributed by atoms with E-state index in [2.05, 4.69) is 55.4 Å². The minimum absolute atomic E-state index is 0.382. The fraction of sp³-hybridized carbons (Fsp3) is 0.750. The lowest BCUT2D eigenvalue weighted by molar-refractivity contribution is 0.376. The minimum Gasteiger partial charge on any atom is -0.359 e. The van der Waals surface area contributed by atoms with Gasteiger partial charge >= 0.3 is 0 Å². The molecule has 0 amide bonds. The van der Waals surface area contributed by atoms with Gasteiger partial charge in [0, 0.05) is 19.2 Å². The maximum absolute atomic E-state index is 5.31. The molecule has 1 rings (SSSR count). The highest BCUT2D eigenvalue weighted by molar-refractivity contribution is 5.79. The first-order valence-electron chi connectivity index (χ1n) is 8.08. The summed E-state index contributed by atoms with van der Waals surface area (Å²) in [7, 11) is 0. The first-order chi connectivity index (χ1) is 10.1. The van der Waals surface area contributed by atoms with Gasteiger partial charge in [-0.1, -0.05) is 45.7 Å². The van der Waals surface area contributed by atoms with Crippen LogP contribution in [0.2, 0.25) is 0 Å². The van der Waals surface area contributed by atoms with E-state index in [-0.39, 0.29) is 0 Å². The number of hydrogen-bond donors (Lipinski definition) is 2. The number of nitrogens with one attached hydrogen (secondary N) is 2. The minimum atomic E-state index is 0.382. The second-order valence-corrected chi connectivity index (χ2v) is 5.63. The van der Waals surface area contributed by atoms with E-state index in [0.29, 0.717) is 18.4 Å². The third-order valence-electron chi connectivity index (χ3n) is 3.62. The zero-order chi connectivity index (χ0) is 15.7. The molecule has 21 heavy (non-hydrogen) atoms. The molecule has 0 spiro atoms. The smallest absolute Gasteiger partial charge is 0.191 e. The lowest BCUT2D eigenvalue weighted by Gasteiger charge is -2.16. The number of rotatable bonds is 8. The fourth-order valence-corrected chi connectivity index (χ4v) is 1.99. The maximum atomic E-state index is 5.31. The third-order valence-corrected chi connectivity index (χ3v) is 3.62. The van der Waals surface area contributed by atoms with Gasteiger partial charge in [-0.15, -0.1) is 0 Å². The summed E-state index contributed by atoms with van der Waals surface area (Å²) in [5.74, 6) is 2.71. The van der Waals surface area contributed by atoms with Crippen molar-refractivity contribution in [3.63, 3.8) is 0 Å². The Balaban J connectivity index is 2.57. The Morgan fingerprint density at radius 2 is 1.95 bits per heavy atom. The summed E-state index contributed by atoms with van der Waals surface area (Å²) in [6.45, 7) is 13.0. The number of aromatic nitrogens is 1. The van der Waals surface area contributed by atoms with Crippen LogP contribution in [-0.4, -0.2) is 24.2 Å². The van der Waals surface area contributed by atoms with E-state index in [1.807, 2.05) is 6.07 Å². The molecule has 0 fully saturated rings. The van der Waals surface area contributed by atoms with Crippen LogP contribution in [0.3, 0.4) is 0 Å². The van der Waals surface area contributed by atoms with Gasteiger partial charge in [0.05, 0.1) is 5.69 Å². The van der Waals surface area contributed by atoms with E-state index in [9.17, 15) is 0 Å². The topological polar surface area (TPSA) is 62.5 Å². The highest BCUT2D eigenvalue weighted by atomic mass is 16.5. The summed E-state index contributed by atoms with van der Waals surface area (Å²) < 4.78 is 5.31. The monoisotopic (exact) mass is 294 g/mol. The molecule has 0 aromatic carbocycles. The standard InChI is InChI=1S/C16H30N4O/c1-6-13(7-2)10-18-16(17-8-3)19-11-14-9-15(12(4)5)20-21-14/h9,12-13H,6-8,10-11H2,1-5H3,(H2,17,18,19). The molecule has 0 unspecified atom stereocenters. The molecule has 120 valence electrons. The average Bonchev–Trinajstić information content (AvgIpc) is 2.94. The zero-order valence-electron chi connectivity index (χ0n) is 14.1. The molecule has 0 saturated heterocycles. The molecule has 0 saturated carbocycles. The number of aliphatic imine (C=N–C) groups is 1. The van der Waals surface area contributed by atoms with Crippen LogP contribution in [0, 0.1) is 5.92 Å². The van der Waals surface area contributed by atoms with Gasteiger partial charge in [-0.05, 0) is 18.8 Å². The van der Waals surface area contributed by atoms with Crippen molar-refractivity contribution >= 4 is 5.96 Å². The van der Waals surface area contributed by atoms with Gasteiger partial charge < -0.3 is 15.2 Å². The van der Waals surface area contributed by atoms with Gasteiger partial charge in [0.25, 0.3) is 0 Å². The second kappa shape index (κ2) is 9.42. The van der Waals surface area contributed by atoms with Crippen LogP contribution in [-0.2, 0) is 6.54 Å². The second-order valence-electron chi connectivity index (χ2n) is 5.63. The van der Waals surface area contributed by atoms with E-state index < -0.39 is 0 Å². The average molecular weight is 294 g/mol. The molecule has 5 heteroatoms. The Morgan fingerprint density at radius 1 is 1.24 bits per heavy atom. The van der Waals surface area contributed by atoms with Crippen molar-refractivity contribution in [1.29, 1.82) is 0 Å². The molecule has 0 aliphatic heterocycles. The van der Waals surface area contributed by atoms with Gasteiger partial charge in [0.15, 0.2) is 11.7 Å². The van der Waals surface area contributed by atoms with Crippen LogP contribution in [0.5, 0.6) is 0 Å². The molecule has 1 heterocycles. The SMILES string of the molecule is CCNC(=NCc1cc(C(C)C)no1)NCC(CC)CC. The van der Waals surface area contributed by atoms with E-state index in [1.165, 1.54) is 12.8 Å². The van der Waals surface area contributed by atoms with Crippen LogP contribution in [0.15, 0.2) is 15.6 Å². The molecule has 1 aromatic heterocycles. The van der Waals surface area contributed by atoms with Crippen molar-refractivity contribution in [1.82, 2.24) is 15.8 Å². The largest absolute Gasteiger partial charge is 0.359 e. The first kappa shape index (κ1) is 17.5. The lowest BCUT2D eigenvalue weighted by atomic mass is 10.0. The Kier molecular flexibility index (Phi) is 7.87. The number of guanidine groups is 1. The Labute approximate surface area is 128 Å². The van der Waals surface area contributed by atoms with E-state index in [0.717, 1.165) is 30.5 Å². The van der Waals surface area contributed by atoms with E-state index in [4.69, 9.17) is 4.52 Å². The molecule has 2 N–H and O–H groups in total. The van der Waals surface area contributed by atoms with Crippen molar-refractivity contribution in [2.45, 2.75) is 59.9 Å². The van der Waals surface area contributed by atoms with Crippen LogP contribution in [0.25, 0.3) is 0 Å². The van der Waals surface area contributed by atoms with Gasteiger partial charge in [-0.3, -0.25) is 0 Å². The molecular formula is C16H30N4O. The van der Waals surface area contributed by atoms with E-state index >= 15 is 0 Å². The summed E-state index contributed by atoms with van der Waals surface area (Å²) >= 11 is 0. The third kappa shape index (κ3) is 6.19. The summed E-state index contributed by atoms with van der Waals surface area (Å²) in [5, 5.41) is 10.7. The first-order valence-corrected chi connectivity index (χ1v) is 8.08. The van der Waals surface area contributed by atoms with Crippen molar-refractivity contribution in [3.8, 4) is 0 Å². The highest BCUT2D eigenvalue weighted by Crippen LogP contribution is 2.14. The normalized spacial score (nSPS) is 12.2. The molecule has 1 aromatic rings. The summed E-state index contributed by atoms with van der Waals surface area (Å²) in [4.78, 5) is 4.56. The van der Waals surface area contributed by atoms with Crippen LogP contribution in [0.1, 0.15) is 64.8 Å². The molecule has 0 atom stereocenters. The van der Waals surface area contributed by atoms with Crippen molar-refractivity contribution < 1.29 is 4.52 Å². The van der Waals surface area contributed by atoms with Gasteiger partial charge in [0.2, 0.25) is 0 Å². The summed E-state index contributed by atoms with van der Waals surface area (Å²) in [6, 6.07) is 1.98. The van der Waals surface area contributed by atoms with Crippen molar-refractivity contribution in [2.24, 2.45) is 10.9 Å². The predicted molar refractivity (Wildman–Crippen MR) is 87.5 cm³/mol. The molecule has 0 aliphatic rings. The predicted octanol–water partition coefficient (Wildman–Crippen LogP) is 3.29. The summed E-state index contributed by atoms with van der Waals surface area (Å²) in [6.07, 6.45) is 2.37. The summed E-state index contributed by atoms with van der Waals surface area (Å²) in [5.41, 5.74) is 0.982. The quantitative estimate of drug-likeness (QED) is 0.570. The molecule has 5 nitrogen and oxygen atoms in total. The fourth-order valence-electron chi connectivity index (χ4n) is 1.99. The molecule has 0 bridgehead atoms. The van der Waals surface area contributed by atoms with E-state index in [1.54, 1.807) is 0 Å². The van der Waals surface area contributed by atoms with Crippen molar-refractivity contribution in [2.75, 3.05) is 13.1 Å². The Bertz CT molecular complexity index is 422. The zero-order valence-corrected chi connectivity index (χ0v) is 14.1. The van der Waals surface area contributed by atoms with Gasteiger partial charge in [-0.2, -0.15) is 0 Å². The molecule has 0 aliphatic carbocycles. The maximum Gasteiger partial charge on any atom is 0.191 e. The van der Waals surface area contributed by atoms with Gasteiger partial charge in [-0.25, -0.2) is 4.99 Å². The Hall–Kier alpha value is -1.52. The number of nitrogens with zero attached hydrogens (tertiary/aromatic N) is 2. The highest BCUT2D eigenvalue weighted by Gasteiger charge is 2.08.